The Bertz CT molecular complexity index is 1020. The number of hydrogen-bond donors (Lipinski definition) is 0. The molecule has 0 radical (unpaired) electrons. The Morgan fingerprint density at radius 1 is 1.26 bits per heavy atom. The van der Waals surface area contributed by atoms with Gasteiger partial charge in [0.2, 0.25) is 0 Å². The van der Waals surface area contributed by atoms with E-state index in [1.807, 2.05) is 13.0 Å². The van der Waals surface area contributed by atoms with Crippen LogP contribution < -0.4 is 0 Å². The fourth-order valence-corrected chi connectivity index (χ4v) is 6.18. The first-order valence-electron chi connectivity index (χ1n) is 9.57. The summed E-state index contributed by atoms with van der Waals surface area (Å²) in [5, 5.41) is 3.14. The maximum Gasteiger partial charge on any atom is 0.126 e. The van der Waals surface area contributed by atoms with Gasteiger partial charge in [-0.2, -0.15) is 0 Å². The van der Waals surface area contributed by atoms with Crippen molar-refractivity contribution in [1.29, 1.82) is 0 Å². The molecule has 0 amide bonds. The molecule has 0 saturated heterocycles. The average Bonchev–Trinajstić information content (AvgIpc) is 3.00. The first kappa shape index (κ1) is 19.2. The van der Waals surface area contributed by atoms with Gasteiger partial charge in [-0.1, -0.05) is 31.5 Å². The van der Waals surface area contributed by atoms with Gasteiger partial charge in [-0.05, 0) is 56.1 Å². The average molecular weight is 418 g/mol. The topological polar surface area (TPSA) is 38.7 Å². The predicted molar refractivity (Wildman–Crippen MR) is 118 cm³/mol. The highest BCUT2D eigenvalue weighted by Gasteiger charge is 2.23. The number of thioether (sulfide) groups is 1. The van der Waals surface area contributed by atoms with E-state index in [1.165, 1.54) is 39.7 Å². The summed E-state index contributed by atoms with van der Waals surface area (Å²) < 4.78 is 1.17. The third kappa shape index (κ3) is 3.87. The second-order valence-electron chi connectivity index (χ2n) is 7.56. The normalized spacial score (nSPS) is 15.1. The van der Waals surface area contributed by atoms with Crippen LogP contribution in [0.1, 0.15) is 50.4 Å². The predicted octanol–water partition coefficient (Wildman–Crippen LogP) is 6.55. The minimum Gasteiger partial charge on any atom is -0.242 e. The molecule has 3 nitrogen and oxygen atoms in total. The third-order valence-corrected chi connectivity index (χ3v) is 7.24. The second kappa shape index (κ2) is 8.06. The molecule has 4 rings (SSSR count). The first-order chi connectivity index (χ1) is 13.0. The molecule has 0 bridgehead atoms. The lowest BCUT2D eigenvalue weighted by Crippen LogP contribution is -2.11. The zero-order valence-electron chi connectivity index (χ0n) is 16.0. The van der Waals surface area contributed by atoms with Gasteiger partial charge in [0.15, 0.2) is 0 Å². The molecule has 142 valence electrons. The van der Waals surface area contributed by atoms with Crippen molar-refractivity contribution < 1.29 is 0 Å². The van der Waals surface area contributed by atoms with Crippen molar-refractivity contribution in [2.24, 2.45) is 5.92 Å². The standard InChI is InChI=1S/C21H24ClN3S2/c1-12(2)10-16-14-6-4-5-7-15(14)17-18-19(27-20(17)25-16)21(24-11-23-18)26-9-8-13(3)22/h8,11-12H,4-7,9-10H2,1-3H3/b13-8-. The number of halogens is 1. The van der Waals surface area contributed by atoms with E-state index in [9.17, 15) is 0 Å². The van der Waals surface area contributed by atoms with Crippen molar-refractivity contribution in [3.63, 3.8) is 0 Å². The van der Waals surface area contributed by atoms with E-state index < -0.39 is 0 Å². The molecule has 3 aromatic rings. The number of aryl methyl sites for hydroxylation is 1. The van der Waals surface area contributed by atoms with Crippen molar-refractivity contribution in [2.45, 2.75) is 57.9 Å². The van der Waals surface area contributed by atoms with Gasteiger partial charge >= 0.3 is 0 Å². The molecule has 1 aliphatic carbocycles. The van der Waals surface area contributed by atoms with Crippen LogP contribution in [0.5, 0.6) is 0 Å². The molecule has 0 N–H and O–H groups in total. The molecule has 3 heterocycles. The lowest BCUT2D eigenvalue weighted by molar-refractivity contribution is 0.615. The fraction of sp³-hybridized carbons (Fsp3) is 0.476. The van der Waals surface area contributed by atoms with Crippen LogP contribution in [-0.4, -0.2) is 20.7 Å². The van der Waals surface area contributed by atoms with Crippen molar-refractivity contribution in [3.05, 3.63) is 34.3 Å². The molecule has 0 fully saturated rings. The Labute approximate surface area is 173 Å². The van der Waals surface area contributed by atoms with Crippen LogP contribution in [0.4, 0.5) is 0 Å². The van der Waals surface area contributed by atoms with Crippen LogP contribution >= 0.6 is 34.7 Å². The van der Waals surface area contributed by atoms with Crippen LogP contribution in [0.15, 0.2) is 22.5 Å². The number of aromatic nitrogens is 3. The summed E-state index contributed by atoms with van der Waals surface area (Å²) in [6.07, 6.45) is 9.61. The molecule has 0 aliphatic heterocycles. The Morgan fingerprint density at radius 2 is 2.04 bits per heavy atom. The maximum atomic E-state index is 5.97. The SMILES string of the molecule is C/C(Cl)=C/CSc1ncnc2c1sc1nc(CC(C)C)c3c(c12)CCCC3. The minimum atomic E-state index is 0.617. The highest BCUT2D eigenvalue weighted by atomic mass is 35.5. The number of allylic oxidation sites excluding steroid dienone is 1. The van der Waals surface area contributed by atoms with Crippen molar-refractivity contribution in [1.82, 2.24) is 15.0 Å². The number of thiophene rings is 1. The molecule has 0 aromatic carbocycles. The maximum absolute atomic E-state index is 5.97. The lowest BCUT2D eigenvalue weighted by atomic mass is 9.87. The highest BCUT2D eigenvalue weighted by Crippen LogP contribution is 2.41. The van der Waals surface area contributed by atoms with E-state index in [0.717, 1.165) is 45.4 Å². The first-order valence-corrected chi connectivity index (χ1v) is 11.8. The van der Waals surface area contributed by atoms with E-state index in [2.05, 4.69) is 23.8 Å². The van der Waals surface area contributed by atoms with Crippen LogP contribution in [-0.2, 0) is 19.3 Å². The summed E-state index contributed by atoms with van der Waals surface area (Å²) in [4.78, 5) is 15.5. The van der Waals surface area contributed by atoms with Gasteiger partial charge < -0.3 is 0 Å². The zero-order chi connectivity index (χ0) is 19.0. The van der Waals surface area contributed by atoms with E-state index in [-0.39, 0.29) is 0 Å². The lowest BCUT2D eigenvalue weighted by Gasteiger charge is -2.20. The smallest absolute Gasteiger partial charge is 0.126 e. The summed E-state index contributed by atoms with van der Waals surface area (Å²) >= 11 is 9.44. The van der Waals surface area contributed by atoms with Gasteiger partial charge in [-0.3, -0.25) is 0 Å². The molecular weight excluding hydrogens is 394 g/mol. The van der Waals surface area contributed by atoms with Crippen LogP contribution in [0.2, 0.25) is 0 Å². The Hall–Kier alpha value is -1.17. The highest BCUT2D eigenvalue weighted by molar-refractivity contribution is 7.99. The van der Waals surface area contributed by atoms with Gasteiger partial charge in [0, 0.05) is 21.9 Å². The van der Waals surface area contributed by atoms with E-state index in [0.29, 0.717) is 5.92 Å². The largest absolute Gasteiger partial charge is 0.242 e. The number of nitrogens with zero attached hydrogens (tertiary/aromatic N) is 3. The fourth-order valence-electron chi connectivity index (χ4n) is 3.81. The van der Waals surface area contributed by atoms with Crippen molar-refractivity contribution in [3.8, 4) is 0 Å². The van der Waals surface area contributed by atoms with Gasteiger partial charge in [0.05, 0.1) is 10.2 Å². The summed E-state index contributed by atoms with van der Waals surface area (Å²) in [7, 11) is 0. The number of fused-ring (bicyclic) bond motifs is 5. The summed E-state index contributed by atoms with van der Waals surface area (Å²) in [5.41, 5.74) is 5.39. The number of hydrogen-bond acceptors (Lipinski definition) is 5. The van der Waals surface area contributed by atoms with Crippen LogP contribution in [0, 0.1) is 5.92 Å². The van der Waals surface area contributed by atoms with Gasteiger partial charge in [0.25, 0.3) is 0 Å². The molecule has 3 aromatic heterocycles. The third-order valence-electron chi connectivity index (χ3n) is 4.96. The van der Waals surface area contributed by atoms with Crippen LogP contribution in [0.3, 0.4) is 0 Å². The van der Waals surface area contributed by atoms with E-state index >= 15 is 0 Å². The summed E-state index contributed by atoms with van der Waals surface area (Å²) in [5.74, 6) is 1.44. The summed E-state index contributed by atoms with van der Waals surface area (Å²) in [6.45, 7) is 6.46. The second-order valence-corrected chi connectivity index (χ2v) is 10.2. The molecule has 0 saturated carbocycles. The number of rotatable bonds is 5. The molecular formula is C21H24ClN3S2. The van der Waals surface area contributed by atoms with Crippen LogP contribution in [0.25, 0.3) is 20.4 Å². The number of pyridine rings is 1. The quantitative estimate of drug-likeness (QED) is 0.348. The zero-order valence-corrected chi connectivity index (χ0v) is 18.4. The van der Waals surface area contributed by atoms with Gasteiger partial charge in [-0.15, -0.1) is 23.1 Å². The minimum absolute atomic E-state index is 0.617. The van der Waals surface area contributed by atoms with Crippen molar-refractivity contribution in [2.75, 3.05) is 5.75 Å². The van der Waals surface area contributed by atoms with E-state index in [1.54, 1.807) is 29.4 Å². The molecule has 0 spiro atoms. The van der Waals surface area contributed by atoms with E-state index in [4.69, 9.17) is 16.6 Å². The molecule has 27 heavy (non-hydrogen) atoms. The Morgan fingerprint density at radius 3 is 2.78 bits per heavy atom. The summed E-state index contributed by atoms with van der Waals surface area (Å²) in [6, 6.07) is 0. The monoisotopic (exact) mass is 417 g/mol. The van der Waals surface area contributed by atoms with Gasteiger partial charge in [0.1, 0.15) is 16.2 Å². The Kier molecular flexibility index (Phi) is 5.72. The van der Waals surface area contributed by atoms with Crippen molar-refractivity contribution >= 4 is 55.1 Å². The molecule has 0 atom stereocenters. The molecule has 6 heteroatoms. The van der Waals surface area contributed by atoms with Gasteiger partial charge in [-0.25, -0.2) is 15.0 Å². The molecule has 0 unspecified atom stereocenters. The Balaban J connectivity index is 1.89. The molecule has 1 aliphatic rings.